The number of hydrogen-bond donors (Lipinski definition) is 1. The monoisotopic (exact) mass is 244 g/mol. The molecule has 3 rings (SSSR count). The standard InChI is InChI=1S/C16H24N2/c17-11-13-5-4-10-18(12-13)16-9-3-7-14-6-1-2-8-15(14)16/h1-2,6,8,13,16H,3-5,7,9-12,17H2. The molecular weight excluding hydrogens is 220 g/mol. The second kappa shape index (κ2) is 5.41. The number of fused-ring (bicyclic) bond motifs is 1. The molecule has 98 valence electrons. The number of hydrogen-bond acceptors (Lipinski definition) is 2. The summed E-state index contributed by atoms with van der Waals surface area (Å²) >= 11 is 0. The smallest absolute Gasteiger partial charge is 0.0351 e. The first-order chi connectivity index (χ1) is 8.88. The minimum Gasteiger partial charge on any atom is -0.330 e. The number of benzene rings is 1. The van der Waals surface area contributed by atoms with Crippen molar-refractivity contribution in [3.8, 4) is 0 Å². The fraction of sp³-hybridized carbons (Fsp3) is 0.625. The minimum absolute atomic E-state index is 0.657. The maximum absolute atomic E-state index is 5.86. The van der Waals surface area contributed by atoms with E-state index >= 15 is 0 Å². The summed E-state index contributed by atoms with van der Waals surface area (Å²) in [4.78, 5) is 2.69. The van der Waals surface area contributed by atoms with Crippen LogP contribution in [0.1, 0.15) is 42.9 Å². The molecule has 1 aromatic carbocycles. The quantitative estimate of drug-likeness (QED) is 0.866. The number of likely N-dealkylation sites (tertiary alicyclic amines) is 1. The average Bonchev–Trinajstić information content (AvgIpc) is 2.47. The van der Waals surface area contributed by atoms with Crippen molar-refractivity contribution < 1.29 is 0 Å². The van der Waals surface area contributed by atoms with Crippen LogP contribution in [0.3, 0.4) is 0 Å². The van der Waals surface area contributed by atoms with Gasteiger partial charge in [0.15, 0.2) is 0 Å². The molecule has 1 aromatic rings. The zero-order valence-electron chi connectivity index (χ0n) is 11.1. The van der Waals surface area contributed by atoms with Gasteiger partial charge in [0.2, 0.25) is 0 Å². The SMILES string of the molecule is NCC1CCCN(C2CCCc3ccccc32)C1. The van der Waals surface area contributed by atoms with E-state index in [1.807, 2.05) is 0 Å². The second-order valence-corrected chi connectivity index (χ2v) is 5.85. The van der Waals surface area contributed by atoms with Crippen molar-refractivity contribution in [1.82, 2.24) is 4.90 Å². The van der Waals surface area contributed by atoms with E-state index in [1.54, 1.807) is 11.1 Å². The fourth-order valence-corrected chi connectivity index (χ4v) is 3.68. The lowest BCUT2D eigenvalue weighted by atomic mass is 9.85. The number of rotatable bonds is 2. The van der Waals surface area contributed by atoms with Crippen molar-refractivity contribution in [1.29, 1.82) is 0 Å². The predicted octanol–water partition coefficient (Wildman–Crippen LogP) is 2.73. The summed E-state index contributed by atoms with van der Waals surface area (Å²) in [5, 5.41) is 0. The Labute approximate surface area is 110 Å². The molecule has 2 N–H and O–H groups in total. The van der Waals surface area contributed by atoms with E-state index in [-0.39, 0.29) is 0 Å². The first-order valence-corrected chi connectivity index (χ1v) is 7.40. The summed E-state index contributed by atoms with van der Waals surface area (Å²) in [5.74, 6) is 0.716. The van der Waals surface area contributed by atoms with Gasteiger partial charge in [0, 0.05) is 12.6 Å². The number of aryl methyl sites for hydroxylation is 1. The van der Waals surface area contributed by atoms with Crippen LogP contribution in [0.4, 0.5) is 0 Å². The number of piperidine rings is 1. The molecule has 1 saturated heterocycles. The third-order valence-corrected chi connectivity index (χ3v) is 4.66. The number of nitrogens with zero attached hydrogens (tertiary/aromatic N) is 1. The first kappa shape index (κ1) is 12.2. The van der Waals surface area contributed by atoms with Crippen LogP contribution in [-0.4, -0.2) is 24.5 Å². The molecule has 0 spiro atoms. The molecule has 18 heavy (non-hydrogen) atoms. The Kier molecular flexibility index (Phi) is 3.67. The van der Waals surface area contributed by atoms with Crippen LogP contribution >= 0.6 is 0 Å². The first-order valence-electron chi connectivity index (χ1n) is 7.40. The summed E-state index contributed by atoms with van der Waals surface area (Å²) in [6.45, 7) is 3.32. The molecule has 2 aliphatic rings. The fourth-order valence-electron chi connectivity index (χ4n) is 3.68. The molecular formula is C16H24N2. The van der Waals surface area contributed by atoms with Crippen LogP contribution < -0.4 is 5.73 Å². The van der Waals surface area contributed by atoms with E-state index in [1.165, 1.54) is 45.2 Å². The third-order valence-electron chi connectivity index (χ3n) is 4.66. The molecule has 0 radical (unpaired) electrons. The Morgan fingerprint density at radius 3 is 2.94 bits per heavy atom. The van der Waals surface area contributed by atoms with Crippen molar-refractivity contribution in [2.75, 3.05) is 19.6 Å². The van der Waals surface area contributed by atoms with Crippen LogP contribution in [0, 0.1) is 5.92 Å². The zero-order valence-corrected chi connectivity index (χ0v) is 11.1. The van der Waals surface area contributed by atoms with E-state index in [2.05, 4.69) is 29.2 Å². The van der Waals surface area contributed by atoms with Crippen LogP contribution in [0.25, 0.3) is 0 Å². The molecule has 0 bridgehead atoms. The van der Waals surface area contributed by atoms with Gasteiger partial charge in [0.1, 0.15) is 0 Å². The molecule has 1 fully saturated rings. The van der Waals surface area contributed by atoms with Crippen molar-refractivity contribution >= 4 is 0 Å². The molecule has 1 aliphatic carbocycles. The Morgan fingerprint density at radius 1 is 1.17 bits per heavy atom. The van der Waals surface area contributed by atoms with E-state index < -0.39 is 0 Å². The van der Waals surface area contributed by atoms with Crippen LogP contribution in [0.15, 0.2) is 24.3 Å². The highest BCUT2D eigenvalue weighted by molar-refractivity contribution is 5.32. The van der Waals surface area contributed by atoms with Gasteiger partial charge < -0.3 is 5.73 Å². The van der Waals surface area contributed by atoms with Crippen molar-refractivity contribution in [2.24, 2.45) is 11.7 Å². The van der Waals surface area contributed by atoms with E-state index in [9.17, 15) is 0 Å². The van der Waals surface area contributed by atoms with Gasteiger partial charge in [0.05, 0.1) is 0 Å². The Bertz CT molecular complexity index is 402. The molecule has 2 unspecified atom stereocenters. The Morgan fingerprint density at radius 2 is 2.06 bits per heavy atom. The van der Waals surface area contributed by atoms with Crippen molar-refractivity contribution in [3.63, 3.8) is 0 Å². The third kappa shape index (κ3) is 2.32. The van der Waals surface area contributed by atoms with E-state index in [4.69, 9.17) is 5.73 Å². The minimum atomic E-state index is 0.657. The zero-order chi connectivity index (χ0) is 12.4. The largest absolute Gasteiger partial charge is 0.330 e. The van der Waals surface area contributed by atoms with Gasteiger partial charge >= 0.3 is 0 Å². The van der Waals surface area contributed by atoms with Crippen LogP contribution in [0.5, 0.6) is 0 Å². The highest BCUT2D eigenvalue weighted by Crippen LogP contribution is 2.36. The van der Waals surface area contributed by atoms with Gasteiger partial charge in [-0.2, -0.15) is 0 Å². The van der Waals surface area contributed by atoms with Crippen molar-refractivity contribution in [2.45, 2.75) is 38.1 Å². The molecule has 2 nitrogen and oxygen atoms in total. The van der Waals surface area contributed by atoms with Gasteiger partial charge in [-0.15, -0.1) is 0 Å². The predicted molar refractivity (Wildman–Crippen MR) is 75.5 cm³/mol. The van der Waals surface area contributed by atoms with Gasteiger partial charge in [-0.3, -0.25) is 4.90 Å². The molecule has 0 saturated carbocycles. The highest BCUT2D eigenvalue weighted by Gasteiger charge is 2.29. The summed E-state index contributed by atoms with van der Waals surface area (Å²) in [5.41, 5.74) is 9.02. The lowest BCUT2D eigenvalue weighted by molar-refractivity contribution is 0.114. The molecule has 0 aromatic heterocycles. The molecule has 1 heterocycles. The molecule has 2 atom stereocenters. The number of nitrogens with two attached hydrogens (primary N) is 1. The van der Waals surface area contributed by atoms with Crippen LogP contribution in [-0.2, 0) is 6.42 Å². The van der Waals surface area contributed by atoms with E-state index in [0.29, 0.717) is 12.0 Å². The van der Waals surface area contributed by atoms with Gasteiger partial charge in [0.25, 0.3) is 0 Å². The lowest BCUT2D eigenvalue weighted by Crippen LogP contribution is -2.41. The second-order valence-electron chi connectivity index (χ2n) is 5.85. The maximum Gasteiger partial charge on any atom is 0.0351 e. The summed E-state index contributed by atoms with van der Waals surface area (Å²) in [6.07, 6.45) is 6.57. The maximum atomic E-state index is 5.86. The van der Waals surface area contributed by atoms with Crippen LogP contribution in [0.2, 0.25) is 0 Å². The average molecular weight is 244 g/mol. The van der Waals surface area contributed by atoms with Crippen molar-refractivity contribution in [3.05, 3.63) is 35.4 Å². The topological polar surface area (TPSA) is 29.3 Å². The Balaban J connectivity index is 1.80. The molecule has 2 heteroatoms. The normalized spacial score (nSPS) is 28.9. The lowest BCUT2D eigenvalue weighted by Gasteiger charge is -2.40. The Hall–Kier alpha value is -0.860. The summed E-state index contributed by atoms with van der Waals surface area (Å²) < 4.78 is 0. The van der Waals surface area contributed by atoms with Gasteiger partial charge in [-0.25, -0.2) is 0 Å². The summed E-state index contributed by atoms with van der Waals surface area (Å²) in [6, 6.07) is 9.68. The molecule has 1 aliphatic heterocycles. The van der Waals surface area contributed by atoms with E-state index in [0.717, 1.165) is 6.54 Å². The summed E-state index contributed by atoms with van der Waals surface area (Å²) in [7, 11) is 0. The highest BCUT2D eigenvalue weighted by atomic mass is 15.2. The van der Waals surface area contributed by atoms with Gasteiger partial charge in [-0.05, 0) is 62.2 Å². The molecule has 0 amide bonds. The van der Waals surface area contributed by atoms with Gasteiger partial charge in [-0.1, -0.05) is 24.3 Å².